The van der Waals surface area contributed by atoms with Crippen molar-refractivity contribution >= 4 is 40.1 Å². The molecule has 2 amide bonds. The summed E-state index contributed by atoms with van der Waals surface area (Å²) >= 11 is 5.95. The molecular weight excluding hydrogens is 517 g/mol. The molecule has 2 aromatic rings. The molecule has 192 valence electrons. The Morgan fingerprint density at radius 3 is 2.54 bits per heavy atom. The molecule has 0 bridgehead atoms. The fourth-order valence-corrected chi connectivity index (χ4v) is 4.27. The third-order valence-electron chi connectivity index (χ3n) is 5.19. The van der Waals surface area contributed by atoms with Crippen LogP contribution in [-0.4, -0.2) is 75.0 Å². The van der Waals surface area contributed by atoms with Gasteiger partial charge in [-0.2, -0.15) is 4.37 Å². The number of nitrogens with zero attached hydrogens (tertiary/aromatic N) is 2. The van der Waals surface area contributed by atoms with E-state index in [4.69, 9.17) is 16.3 Å². The number of aromatic nitrogens is 1. The number of aliphatic hydroxyl groups is 2. The summed E-state index contributed by atoms with van der Waals surface area (Å²) < 4.78 is 50.3. The van der Waals surface area contributed by atoms with E-state index in [1.807, 2.05) is 4.90 Å². The predicted octanol–water partition coefficient (Wildman–Crippen LogP) is 2.43. The zero-order valence-electron chi connectivity index (χ0n) is 18.1. The van der Waals surface area contributed by atoms with E-state index in [1.54, 1.807) is 0 Å². The lowest BCUT2D eigenvalue weighted by atomic mass is 10.2. The predicted molar refractivity (Wildman–Crippen MR) is 119 cm³/mol. The van der Waals surface area contributed by atoms with Crippen LogP contribution in [0.25, 0.3) is 0 Å². The topological polar surface area (TPSA) is 144 Å². The molecule has 2 unspecified atom stereocenters. The third kappa shape index (κ3) is 6.73. The van der Waals surface area contributed by atoms with Crippen molar-refractivity contribution < 1.29 is 42.8 Å². The van der Waals surface area contributed by atoms with Crippen molar-refractivity contribution in [2.75, 3.05) is 31.5 Å². The van der Waals surface area contributed by atoms with Gasteiger partial charge in [-0.3, -0.25) is 10.2 Å². The lowest BCUT2D eigenvalue weighted by molar-refractivity contribution is 0.0572. The Hall–Kier alpha value is -2.65. The molecular formula is C20H22ClF3N4O6S. The van der Waals surface area contributed by atoms with Crippen LogP contribution in [0, 0.1) is 17.5 Å². The van der Waals surface area contributed by atoms with E-state index in [2.05, 4.69) is 15.0 Å². The number of unbranched alkanes of at least 4 members (excludes halogenated alkanes) is 1. The molecule has 3 rings (SSSR count). The van der Waals surface area contributed by atoms with Crippen molar-refractivity contribution in [3.05, 3.63) is 39.7 Å². The summed E-state index contributed by atoms with van der Waals surface area (Å²) in [4.78, 5) is 25.7. The van der Waals surface area contributed by atoms with Gasteiger partial charge in [-0.15, -0.1) is 0 Å². The van der Waals surface area contributed by atoms with Crippen LogP contribution in [0.5, 0.6) is 5.88 Å². The number of nitrogens with one attached hydrogen (secondary N) is 2. The number of benzene rings is 1. The highest BCUT2D eigenvalue weighted by Crippen LogP contribution is 2.32. The van der Waals surface area contributed by atoms with Gasteiger partial charge in [0.1, 0.15) is 17.4 Å². The summed E-state index contributed by atoms with van der Waals surface area (Å²) in [7, 11) is 0. The van der Waals surface area contributed by atoms with E-state index in [0.717, 1.165) is 0 Å². The van der Waals surface area contributed by atoms with Crippen LogP contribution in [-0.2, 0) is 6.61 Å². The Morgan fingerprint density at radius 1 is 1.20 bits per heavy atom. The Balaban J connectivity index is 1.51. The first-order valence-corrected chi connectivity index (χ1v) is 11.5. The van der Waals surface area contributed by atoms with Crippen molar-refractivity contribution in [3.63, 3.8) is 0 Å². The number of carbonyl (C=O) groups is 2. The first-order chi connectivity index (χ1) is 16.6. The third-order valence-corrected chi connectivity index (χ3v) is 6.21. The van der Waals surface area contributed by atoms with E-state index < -0.39 is 70.3 Å². The van der Waals surface area contributed by atoms with Crippen LogP contribution in [0.1, 0.15) is 28.8 Å². The van der Waals surface area contributed by atoms with Gasteiger partial charge in [0.2, 0.25) is 5.88 Å². The van der Waals surface area contributed by atoms with E-state index >= 15 is 0 Å². The fourth-order valence-electron chi connectivity index (χ4n) is 3.36. The van der Waals surface area contributed by atoms with Crippen molar-refractivity contribution in [1.82, 2.24) is 14.6 Å². The Kier molecular flexibility index (Phi) is 9.13. The van der Waals surface area contributed by atoms with Crippen LogP contribution < -0.4 is 15.4 Å². The number of aromatic carboxylic acids is 1. The van der Waals surface area contributed by atoms with E-state index in [-0.39, 0.29) is 11.5 Å². The number of likely N-dealkylation sites (tertiary alicyclic amines) is 1. The molecule has 1 aromatic carbocycles. The molecule has 1 aliphatic rings. The Morgan fingerprint density at radius 2 is 1.89 bits per heavy atom. The second-order valence-corrected chi connectivity index (χ2v) is 8.90. The number of amides is 2. The number of ether oxygens (including phenoxy) is 1. The zero-order valence-corrected chi connectivity index (χ0v) is 19.6. The van der Waals surface area contributed by atoms with Gasteiger partial charge in [0, 0.05) is 19.6 Å². The van der Waals surface area contributed by atoms with Crippen LogP contribution in [0.15, 0.2) is 6.07 Å². The van der Waals surface area contributed by atoms with Crippen molar-refractivity contribution in [1.29, 1.82) is 0 Å². The minimum atomic E-state index is -1.57. The number of carboxylic acid groups (broad SMARTS) is 1. The first kappa shape index (κ1) is 26.9. The van der Waals surface area contributed by atoms with Gasteiger partial charge in [0.05, 0.1) is 22.8 Å². The van der Waals surface area contributed by atoms with Crippen LogP contribution in [0.2, 0.25) is 5.02 Å². The molecule has 15 heteroatoms. The summed E-state index contributed by atoms with van der Waals surface area (Å²) in [6, 6.07) is -0.140. The number of β-amino-alcohol motifs (C(OH)–C–C–N with tert-alkyl or cyclic N) is 2. The fraction of sp³-hybridized carbons (Fsp3) is 0.450. The second-order valence-electron chi connectivity index (χ2n) is 7.71. The van der Waals surface area contributed by atoms with Gasteiger partial charge < -0.3 is 25.4 Å². The maximum Gasteiger partial charge on any atom is 0.344 e. The number of aliphatic hydroxyl groups excluding tert-OH is 2. The van der Waals surface area contributed by atoms with Crippen molar-refractivity contribution in [2.45, 2.75) is 31.7 Å². The molecule has 0 spiro atoms. The second kappa shape index (κ2) is 11.9. The minimum absolute atomic E-state index is 0.173. The van der Waals surface area contributed by atoms with Gasteiger partial charge in [-0.25, -0.2) is 22.8 Å². The van der Waals surface area contributed by atoms with Gasteiger partial charge in [0.15, 0.2) is 17.2 Å². The highest BCUT2D eigenvalue weighted by Gasteiger charge is 2.29. The smallest absolute Gasteiger partial charge is 0.344 e. The van der Waals surface area contributed by atoms with E-state index in [1.165, 1.54) is 0 Å². The lowest BCUT2D eigenvalue weighted by Crippen LogP contribution is -2.30. The molecule has 35 heavy (non-hydrogen) atoms. The van der Waals surface area contributed by atoms with Crippen molar-refractivity contribution in [3.8, 4) is 5.88 Å². The maximum absolute atomic E-state index is 14.0. The summed E-state index contributed by atoms with van der Waals surface area (Å²) in [5, 5.41) is 32.5. The van der Waals surface area contributed by atoms with Gasteiger partial charge >= 0.3 is 12.0 Å². The van der Waals surface area contributed by atoms with E-state index in [9.17, 15) is 38.1 Å². The van der Waals surface area contributed by atoms with E-state index in [0.29, 0.717) is 50.1 Å². The summed E-state index contributed by atoms with van der Waals surface area (Å²) in [5.74, 6) is -6.25. The number of carbonyl (C=O) groups excluding carboxylic acids is 1. The molecule has 1 aromatic heterocycles. The number of rotatable bonds is 10. The molecule has 1 saturated heterocycles. The molecule has 2 atom stereocenters. The SMILES string of the molecule is O=C(NCCCCN1CC(O)C(O)C1)Nc1snc(OCc2c(F)cc(Cl)c(F)c2F)c1C(=O)O. The highest BCUT2D eigenvalue weighted by molar-refractivity contribution is 7.11. The summed E-state index contributed by atoms with van der Waals surface area (Å²) in [6.45, 7) is 0.807. The number of hydrogen-bond donors (Lipinski definition) is 5. The average molecular weight is 539 g/mol. The monoisotopic (exact) mass is 538 g/mol. The number of anilines is 1. The summed E-state index contributed by atoms with van der Waals surface area (Å²) in [5.41, 5.74) is -1.34. The number of halogens is 4. The number of urea groups is 1. The largest absolute Gasteiger partial charge is 0.477 e. The molecule has 10 nitrogen and oxygen atoms in total. The van der Waals surface area contributed by atoms with Crippen LogP contribution >= 0.6 is 23.1 Å². The molecule has 5 N–H and O–H groups in total. The van der Waals surface area contributed by atoms with Crippen molar-refractivity contribution in [2.24, 2.45) is 0 Å². The average Bonchev–Trinajstić information content (AvgIpc) is 3.33. The molecule has 0 saturated carbocycles. The molecule has 1 aliphatic heterocycles. The molecule has 0 radical (unpaired) electrons. The number of hydrogen-bond acceptors (Lipinski definition) is 8. The normalized spacial score (nSPS) is 18.0. The quantitative estimate of drug-likeness (QED) is 0.176. The van der Waals surface area contributed by atoms with Gasteiger partial charge in [-0.05, 0) is 37.0 Å². The standard InChI is InChI=1S/C20H22ClF3N4O6S/c21-10-5-11(22)9(15(23)16(10)24)8-34-17-14(19(31)32)18(35-27-17)26-20(33)25-3-1-2-4-28-6-12(29)13(30)7-28/h5,12-13,29-30H,1-4,6-8H2,(H,31,32)(H2,25,26,33). The van der Waals surface area contributed by atoms with Crippen LogP contribution in [0.4, 0.5) is 23.0 Å². The maximum atomic E-state index is 14.0. The number of carboxylic acids is 1. The van der Waals surface area contributed by atoms with Gasteiger partial charge in [0.25, 0.3) is 0 Å². The van der Waals surface area contributed by atoms with Crippen LogP contribution in [0.3, 0.4) is 0 Å². The van der Waals surface area contributed by atoms with Gasteiger partial charge in [-0.1, -0.05) is 11.6 Å². The zero-order chi connectivity index (χ0) is 25.7. The molecule has 1 fully saturated rings. The first-order valence-electron chi connectivity index (χ1n) is 10.4. The molecule has 0 aliphatic carbocycles. The lowest BCUT2D eigenvalue weighted by Gasteiger charge is -2.14. The Labute approximate surface area is 206 Å². The summed E-state index contributed by atoms with van der Waals surface area (Å²) in [6.07, 6.45) is -0.243. The molecule has 2 heterocycles. The minimum Gasteiger partial charge on any atom is -0.477 e. The Bertz CT molecular complexity index is 1080. The highest BCUT2D eigenvalue weighted by atomic mass is 35.5.